The molecule has 4 heteroatoms. The van der Waals surface area contributed by atoms with Crippen LogP contribution in [0.2, 0.25) is 0 Å². The molecule has 1 aliphatic heterocycles. The molecule has 0 saturated heterocycles. The van der Waals surface area contributed by atoms with Gasteiger partial charge in [0.2, 0.25) is 0 Å². The molecule has 1 aromatic carbocycles. The van der Waals surface area contributed by atoms with Crippen molar-refractivity contribution in [2.24, 2.45) is 0 Å². The molecule has 0 amide bonds. The minimum absolute atomic E-state index is 0.428. The van der Waals surface area contributed by atoms with E-state index in [4.69, 9.17) is 5.11 Å². The fourth-order valence-corrected chi connectivity index (χ4v) is 3.02. The summed E-state index contributed by atoms with van der Waals surface area (Å²) in [4.78, 5) is 11.1. The van der Waals surface area contributed by atoms with Crippen LogP contribution < -0.4 is 5.32 Å². The van der Waals surface area contributed by atoms with Gasteiger partial charge in [-0.2, -0.15) is 0 Å². The summed E-state index contributed by atoms with van der Waals surface area (Å²) in [5, 5.41) is 14.8. The molecule has 1 aromatic heterocycles. The first-order valence-corrected chi connectivity index (χ1v) is 6.71. The Morgan fingerprint density at radius 1 is 1.37 bits per heavy atom. The minimum atomic E-state index is -0.749. The number of nitrogens with one attached hydrogen (secondary N) is 1. The lowest BCUT2D eigenvalue weighted by molar-refractivity contribution is -0.139. The number of benzene rings is 1. The van der Waals surface area contributed by atoms with E-state index in [1.165, 1.54) is 22.2 Å². The van der Waals surface area contributed by atoms with Crippen LogP contribution in [0.25, 0.3) is 10.8 Å². The summed E-state index contributed by atoms with van der Waals surface area (Å²) >= 11 is 0. The Morgan fingerprint density at radius 2 is 2.11 bits per heavy atom. The Kier molecular flexibility index (Phi) is 3.03. The SMILES string of the molecule is Cc1c2ccccc2c2n1CCCC(C(=O)O)NC2. The summed E-state index contributed by atoms with van der Waals surface area (Å²) in [6.07, 6.45) is 1.57. The first kappa shape index (κ1) is 12.2. The first-order chi connectivity index (χ1) is 9.18. The van der Waals surface area contributed by atoms with Crippen molar-refractivity contribution < 1.29 is 9.90 Å². The van der Waals surface area contributed by atoms with Crippen LogP contribution in [0.3, 0.4) is 0 Å². The molecule has 0 bridgehead atoms. The molecule has 0 radical (unpaired) electrons. The number of nitrogens with zero attached hydrogens (tertiary/aromatic N) is 1. The number of hydrogen-bond acceptors (Lipinski definition) is 2. The third kappa shape index (κ3) is 2.02. The van der Waals surface area contributed by atoms with Gasteiger partial charge in [0, 0.05) is 35.2 Å². The molecule has 0 fully saturated rings. The van der Waals surface area contributed by atoms with Gasteiger partial charge in [-0.3, -0.25) is 10.1 Å². The van der Waals surface area contributed by atoms with Gasteiger partial charge in [-0.25, -0.2) is 0 Å². The third-order valence-corrected chi connectivity index (χ3v) is 4.05. The summed E-state index contributed by atoms with van der Waals surface area (Å²) < 4.78 is 2.33. The van der Waals surface area contributed by atoms with Crippen LogP contribution in [0.5, 0.6) is 0 Å². The van der Waals surface area contributed by atoms with Gasteiger partial charge in [0.05, 0.1) is 0 Å². The standard InChI is InChI=1S/C15H18N2O2/c1-10-11-5-2-3-6-12(11)14-9-16-13(15(18)19)7-4-8-17(10)14/h2-3,5-6,13,16H,4,7-9H2,1H3,(H,18,19). The van der Waals surface area contributed by atoms with Crippen LogP contribution in [0, 0.1) is 6.92 Å². The van der Waals surface area contributed by atoms with Crippen molar-refractivity contribution in [2.45, 2.75) is 38.9 Å². The van der Waals surface area contributed by atoms with Crippen LogP contribution >= 0.6 is 0 Å². The maximum absolute atomic E-state index is 11.1. The smallest absolute Gasteiger partial charge is 0.320 e. The highest BCUT2D eigenvalue weighted by Crippen LogP contribution is 2.27. The van der Waals surface area contributed by atoms with Crippen molar-refractivity contribution in [3.63, 3.8) is 0 Å². The Balaban J connectivity index is 2.06. The lowest BCUT2D eigenvalue weighted by atomic mass is 10.1. The van der Waals surface area contributed by atoms with E-state index in [-0.39, 0.29) is 0 Å². The molecule has 1 aliphatic rings. The molecule has 100 valence electrons. The van der Waals surface area contributed by atoms with Crippen LogP contribution in [-0.4, -0.2) is 21.7 Å². The fourth-order valence-electron chi connectivity index (χ4n) is 3.02. The highest BCUT2D eigenvalue weighted by atomic mass is 16.4. The molecule has 0 saturated carbocycles. The largest absolute Gasteiger partial charge is 0.480 e. The molecule has 2 aromatic rings. The van der Waals surface area contributed by atoms with Gasteiger partial charge in [0.15, 0.2) is 0 Å². The van der Waals surface area contributed by atoms with Gasteiger partial charge in [-0.15, -0.1) is 0 Å². The molecule has 4 nitrogen and oxygen atoms in total. The van der Waals surface area contributed by atoms with Crippen molar-refractivity contribution in [3.05, 3.63) is 35.7 Å². The van der Waals surface area contributed by atoms with E-state index in [0.29, 0.717) is 13.0 Å². The Hall–Kier alpha value is -1.81. The summed E-state index contributed by atoms with van der Waals surface area (Å²) in [6, 6.07) is 7.92. The second-order valence-corrected chi connectivity index (χ2v) is 5.14. The van der Waals surface area contributed by atoms with E-state index < -0.39 is 12.0 Å². The number of aromatic nitrogens is 1. The van der Waals surface area contributed by atoms with Crippen molar-refractivity contribution in [2.75, 3.05) is 0 Å². The number of fused-ring (bicyclic) bond motifs is 3. The van der Waals surface area contributed by atoms with Crippen LogP contribution in [0.1, 0.15) is 24.2 Å². The zero-order valence-electron chi connectivity index (χ0n) is 11.0. The van der Waals surface area contributed by atoms with Crippen molar-refractivity contribution >= 4 is 16.7 Å². The van der Waals surface area contributed by atoms with Gasteiger partial charge in [-0.05, 0) is 19.8 Å². The van der Waals surface area contributed by atoms with E-state index >= 15 is 0 Å². The number of hydrogen-bond donors (Lipinski definition) is 2. The quantitative estimate of drug-likeness (QED) is 0.825. The van der Waals surface area contributed by atoms with Crippen molar-refractivity contribution in [3.8, 4) is 0 Å². The number of carboxylic acid groups (broad SMARTS) is 1. The van der Waals surface area contributed by atoms with Crippen LogP contribution in [-0.2, 0) is 17.9 Å². The molecule has 1 unspecified atom stereocenters. The molecule has 2 N–H and O–H groups in total. The van der Waals surface area contributed by atoms with Crippen molar-refractivity contribution in [1.29, 1.82) is 0 Å². The van der Waals surface area contributed by atoms with Crippen molar-refractivity contribution in [1.82, 2.24) is 9.88 Å². The summed E-state index contributed by atoms with van der Waals surface area (Å²) in [5.41, 5.74) is 2.49. The maximum Gasteiger partial charge on any atom is 0.320 e. The minimum Gasteiger partial charge on any atom is -0.480 e. The Labute approximate surface area is 112 Å². The second kappa shape index (κ2) is 4.70. The maximum atomic E-state index is 11.1. The molecular formula is C15H18N2O2. The van der Waals surface area contributed by atoms with Gasteiger partial charge in [0.25, 0.3) is 0 Å². The van der Waals surface area contributed by atoms with Gasteiger partial charge in [0.1, 0.15) is 6.04 Å². The molecule has 3 rings (SSSR count). The monoisotopic (exact) mass is 258 g/mol. The molecule has 1 atom stereocenters. The zero-order chi connectivity index (χ0) is 13.4. The second-order valence-electron chi connectivity index (χ2n) is 5.14. The van der Waals surface area contributed by atoms with Crippen LogP contribution in [0.4, 0.5) is 0 Å². The zero-order valence-corrected chi connectivity index (χ0v) is 11.0. The van der Waals surface area contributed by atoms with Gasteiger partial charge in [-0.1, -0.05) is 24.3 Å². The molecule has 0 spiro atoms. The molecular weight excluding hydrogens is 240 g/mol. The van der Waals surface area contributed by atoms with E-state index in [0.717, 1.165) is 13.0 Å². The predicted octanol–water partition coefficient (Wildman–Crippen LogP) is 2.29. The van der Waals surface area contributed by atoms with E-state index in [2.05, 4.69) is 35.0 Å². The first-order valence-electron chi connectivity index (χ1n) is 6.71. The number of carboxylic acids is 1. The molecule has 19 heavy (non-hydrogen) atoms. The predicted molar refractivity (Wildman–Crippen MR) is 74.2 cm³/mol. The van der Waals surface area contributed by atoms with E-state index in [1.54, 1.807) is 0 Å². The third-order valence-electron chi connectivity index (χ3n) is 4.05. The average molecular weight is 258 g/mol. The summed E-state index contributed by atoms with van der Waals surface area (Å²) in [7, 11) is 0. The van der Waals surface area contributed by atoms with E-state index in [9.17, 15) is 4.79 Å². The van der Waals surface area contributed by atoms with E-state index in [1.807, 2.05) is 6.07 Å². The molecule has 0 aliphatic carbocycles. The van der Waals surface area contributed by atoms with Gasteiger partial charge >= 0.3 is 5.97 Å². The normalized spacial score (nSPS) is 19.7. The van der Waals surface area contributed by atoms with Crippen LogP contribution in [0.15, 0.2) is 24.3 Å². The highest BCUT2D eigenvalue weighted by molar-refractivity contribution is 5.88. The Morgan fingerprint density at radius 3 is 2.84 bits per heavy atom. The number of carbonyl (C=O) groups is 1. The lowest BCUT2D eigenvalue weighted by Crippen LogP contribution is -2.38. The topological polar surface area (TPSA) is 54.3 Å². The number of aliphatic carboxylic acids is 1. The summed E-state index contributed by atoms with van der Waals surface area (Å²) in [6.45, 7) is 3.66. The number of aryl methyl sites for hydroxylation is 1. The number of rotatable bonds is 1. The molecule has 2 heterocycles. The fraction of sp³-hybridized carbons (Fsp3) is 0.400. The lowest BCUT2D eigenvalue weighted by Gasteiger charge is -2.21. The Bertz CT molecular complexity index is 630. The highest BCUT2D eigenvalue weighted by Gasteiger charge is 2.22. The summed E-state index contributed by atoms with van der Waals surface area (Å²) in [5.74, 6) is -0.749. The van der Waals surface area contributed by atoms with Gasteiger partial charge < -0.3 is 9.67 Å². The average Bonchev–Trinajstić information content (AvgIpc) is 2.62.